The summed E-state index contributed by atoms with van der Waals surface area (Å²) in [5.74, 6) is -0.469. The molecule has 0 N–H and O–H groups in total. The average molecular weight is 326 g/mol. The first-order chi connectivity index (χ1) is 11.4. The van der Waals surface area contributed by atoms with Gasteiger partial charge in [-0.1, -0.05) is 19.3 Å². The largest absolute Gasteiger partial charge is 0.451 e. The molecule has 5 heteroatoms. The second-order valence-corrected chi connectivity index (χ2v) is 7.12. The lowest BCUT2D eigenvalue weighted by Gasteiger charge is -2.24. The molecule has 1 saturated carbocycles. The van der Waals surface area contributed by atoms with E-state index in [1.54, 1.807) is 16.8 Å². The van der Waals surface area contributed by atoms with Gasteiger partial charge < -0.3 is 9.30 Å². The second kappa shape index (κ2) is 5.94. The summed E-state index contributed by atoms with van der Waals surface area (Å²) in [6.07, 6.45) is 7.05. The van der Waals surface area contributed by atoms with Crippen LogP contribution in [0.3, 0.4) is 0 Å². The molecule has 0 radical (unpaired) electrons. The molecule has 0 spiro atoms. The van der Waals surface area contributed by atoms with Gasteiger partial charge in [0.2, 0.25) is 0 Å². The summed E-state index contributed by atoms with van der Waals surface area (Å²) in [6, 6.07) is 3.88. The molecular formula is C19H22N2O3. The van der Waals surface area contributed by atoms with Crippen molar-refractivity contribution in [1.29, 1.82) is 5.26 Å². The lowest BCUT2D eigenvalue weighted by molar-refractivity contribution is -0.142. The van der Waals surface area contributed by atoms with Crippen LogP contribution < -0.4 is 5.56 Å². The lowest BCUT2D eigenvalue weighted by atomic mass is 9.91. The number of ether oxygens (including phenoxy) is 1. The number of hydrogen-bond acceptors (Lipinski definition) is 4. The van der Waals surface area contributed by atoms with Gasteiger partial charge in [0.1, 0.15) is 17.2 Å². The molecule has 0 atom stereocenters. The fourth-order valence-electron chi connectivity index (χ4n) is 3.64. The first-order valence-electron chi connectivity index (χ1n) is 8.47. The van der Waals surface area contributed by atoms with Crippen LogP contribution in [0.2, 0.25) is 0 Å². The van der Waals surface area contributed by atoms with Crippen LogP contribution in [0, 0.1) is 11.3 Å². The van der Waals surface area contributed by atoms with E-state index >= 15 is 0 Å². The minimum absolute atomic E-state index is 0.0343. The first-order valence-corrected chi connectivity index (χ1v) is 8.47. The maximum absolute atomic E-state index is 12.8. The Bertz CT molecular complexity index is 818. The number of hydrogen-bond donors (Lipinski definition) is 0. The van der Waals surface area contributed by atoms with Gasteiger partial charge in [0, 0.05) is 17.8 Å². The van der Waals surface area contributed by atoms with Crippen LogP contribution in [-0.4, -0.2) is 16.1 Å². The van der Waals surface area contributed by atoms with Crippen molar-refractivity contribution in [3.05, 3.63) is 39.3 Å². The summed E-state index contributed by atoms with van der Waals surface area (Å²) in [5.41, 5.74) is 0.509. The van der Waals surface area contributed by atoms with E-state index in [4.69, 9.17) is 4.74 Å². The average Bonchev–Trinajstić information content (AvgIpc) is 2.75. The monoisotopic (exact) mass is 326 g/mol. The highest BCUT2D eigenvalue weighted by atomic mass is 16.6. The lowest BCUT2D eigenvalue weighted by Crippen LogP contribution is -2.28. The highest BCUT2D eigenvalue weighted by Crippen LogP contribution is 2.38. The van der Waals surface area contributed by atoms with Crippen LogP contribution in [0.1, 0.15) is 70.0 Å². The Morgan fingerprint density at radius 1 is 1.25 bits per heavy atom. The van der Waals surface area contributed by atoms with Crippen molar-refractivity contribution >= 4 is 11.5 Å². The van der Waals surface area contributed by atoms with Crippen LogP contribution in [0.4, 0.5) is 0 Å². The Morgan fingerprint density at radius 2 is 1.92 bits per heavy atom. The summed E-state index contributed by atoms with van der Waals surface area (Å²) < 4.78 is 7.05. The smallest absolute Gasteiger partial charge is 0.339 e. The van der Waals surface area contributed by atoms with E-state index in [1.807, 2.05) is 26.8 Å². The van der Waals surface area contributed by atoms with E-state index in [-0.39, 0.29) is 17.2 Å². The number of esters is 1. The summed E-state index contributed by atoms with van der Waals surface area (Å²) in [6.45, 7) is 5.43. The fourth-order valence-corrected chi connectivity index (χ4v) is 3.64. The molecule has 0 saturated heterocycles. The van der Waals surface area contributed by atoms with E-state index in [0.717, 1.165) is 31.3 Å². The quantitative estimate of drug-likeness (QED) is 0.781. The summed E-state index contributed by atoms with van der Waals surface area (Å²) in [4.78, 5) is 25.1. The van der Waals surface area contributed by atoms with Crippen molar-refractivity contribution in [3.63, 3.8) is 0 Å². The van der Waals surface area contributed by atoms with Crippen molar-refractivity contribution in [3.8, 4) is 6.07 Å². The van der Waals surface area contributed by atoms with E-state index < -0.39 is 11.6 Å². The molecule has 3 rings (SSSR count). The van der Waals surface area contributed by atoms with Crippen molar-refractivity contribution < 1.29 is 9.53 Å². The molecule has 2 heterocycles. The van der Waals surface area contributed by atoms with Crippen molar-refractivity contribution in [1.82, 2.24) is 4.57 Å². The molecule has 0 aromatic carbocycles. The zero-order valence-electron chi connectivity index (χ0n) is 14.4. The summed E-state index contributed by atoms with van der Waals surface area (Å²) >= 11 is 0. The molecule has 2 aliphatic rings. The topological polar surface area (TPSA) is 72.1 Å². The number of cyclic esters (lactones) is 1. The van der Waals surface area contributed by atoms with Gasteiger partial charge in [-0.25, -0.2) is 4.79 Å². The number of aromatic nitrogens is 1. The molecule has 5 nitrogen and oxygen atoms in total. The van der Waals surface area contributed by atoms with Gasteiger partial charge in [0.15, 0.2) is 0 Å². The van der Waals surface area contributed by atoms with Crippen LogP contribution in [0.25, 0.3) is 5.57 Å². The number of pyridine rings is 1. The van der Waals surface area contributed by atoms with Crippen molar-refractivity contribution in [2.24, 2.45) is 0 Å². The van der Waals surface area contributed by atoms with Gasteiger partial charge in [-0.05, 0) is 45.3 Å². The fraction of sp³-hybridized carbons (Fsp3) is 0.526. The molecule has 1 fully saturated rings. The molecule has 126 valence electrons. The van der Waals surface area contributed by atoms with E-state index in [0.29, 0.717) is 11.1 Å². The van der Waals surface area contributed by atoms with Gasteiger partial charge in [0.05, 0.1) is 5.57 Å². The molecule has 1 aliphatic carbocycles. The third-order valence-electron chi connectivity index (χ3n) is 5.30. The van der Waals surface area contributed by atoms with Gasteiger partial charge in [-0.2, -0.15) is 5.26 Å². The van der Waals surface area contributed by atoms with Crippen molar-refractivity contribution in [2.75, 3.05) is 0 Å². The van der Waals surface area contributed by atoms with E-state index in [1.165, 1.54) is 6.42 Å². The number of nitrogens with zero attached hydrogens (tertiary/aromatic N) is 2. The summed E-state index contributed by atoms with van der Waals surface area (Å²) in [7, 11) is 0. The molecule has 24 heavy (non-hydrogen) atoms. The SMILES string of the molecule is CC1=C(c2ccn(C3CCCCC3)c(=O)c2C#N)C(=O)OC1(C)C. The van der Waals surface area contributed by atoms with Crippen LogP contribution in [-0.2, 0) is 9.53 Å². The predicted octanol–water partition coefficient (Wildman–Crippen LogP) is 3.33. The Kier molecular flexibility index (Phi) is 4.08. The van der Waals surface area contributed by atoms with Crippen LogP contribution in [0.5, 0.6) is 0 Å². The number of nitriles is 1. The standard InChI is InChI=1S/C19H22N2O3/c1-12-16(18(23)24-19(12,2)3)14-9-10-21(17(22)15(14)11-20)13-7-5-4-6-8-13/h9-10,13H,4-8H2,1-3H3. The predicted molar refractivity (Wildman–Crippen MR) is 90.3 cm³/mol. The van der Waals surface area contributed by atoms with Crippen LogP contribution >= 0.6 is 0 Å². The third-order valence-corrected chi connectivity index (χ3v) is 5.30. The Morgan fingerprint density at radius 3 is 2.46 bits per heavy atom. The van der Waals surface area contributed by atoms with E-state index in [9.17, 15) is 14.9 Å². The van der Waals surface area contributed by atoms with Gasteiger partial charge in [0.25, 0.3) is 5.56 Å². The number of carbonyl (C=O) groups excluding carboxylic acids is 1. The minimum atomic E-state index is -0.711. The summed E-state index contributed by atoms with van der Waals surface area (Å²) in [5, 5.41) is 9.55. The molecule has 1 aromatic rings. The zero-order chi connectivity index (χ0) is 17.5. The molecule has 0 bridgehead atoms. The Labute approximate surface area is 141 Å². The minimum Gasteiger partial charge on any atom is -0.451 e. The van der Waals surface area contributed by atoms with Crippen molar-refractivity contribution in [2.45, 2.75) is 64.5 Å². The van der Waals surface area contributed by atoms with Gasteiger partial charge >= 0.3 is 5.97 Å². The zero-order valence-corrected chi connectivity index (χ0v) is 14.4. The normalized spacial score (nSPS) is 20.8. The molecule has 1 aromatic heterocycles. The Hall–Kier alpha value is -2.35. The molecule has 0 unspecified atom stereocenters. The maximum Gasteiger partial charge on any atom is 0.339 e. The number of rotatable bonds is 2. The second-order valence-electron chi connectivity index (χ2n) is 7.12. The third kappa shape index (κ3) is 2.56. The highest BCUT2D eigenvalue weighted by Gasteiger charge is 2.39. The van der Waals surface area contributed by atoms with Gasteiger partial charge in [-0.3, -0.25) is 4.79 Å². The first kappa shape index (κ1) is 16.5. The molecular weight excluding hydrogens is 304 g/mol. The number of carbonyl (C=O) groups is 1. The maximum atomic E-state index is 12.8. The van der Waals surface area contributed by atoms with Gasteiger partial charge in [-0.15, -0.1) is 0 Å². The highest BCUT2D eigenvalue weighted by molar-refractivity contribution is 6.20. The molecule has 0 amide bonds. The Balaban J connectivity index is 2.13. The van der Waals surface area contributed by atoms with Crippen LogP contribution in [0.15, 0.2) is 22.6 Å². The molecule has 1 aliphatic heterocycles. The van der Waals surface area contributed by atoms with E-state index in [2.05, 4.69) is 0 Å².